The molecule has 1 fully saturated rings. The first-order chi connectivity index (χ1) is 9.75. The molecule has 104 valence electrons. The number of nitrogens with one attached hydrogen (secondary N) is 2. The minimum Gasteiger partial charge on any atom is -0.384 e. The van der Waals surface area contributed by atoms with E-state index >= 15 is 0 Å². The second kappa shape index (κ2) is 5.42. The lowest BCUT2D eigenvalue weighted by Crippen LogP contribution is -2.17. The third-order valence-corrected chi connectivity index (χ3v) is 3.74. The first kappa shape index (κ1) is 12.8. The Labute approximate surface area is 116 Å². The maximum Gasteiger partial charge on any atom is 0.278 e. The van der Waals surface area contributed by atoms with Crippen LogP contribution in [0.1, 0.15) is 6.42 Å². The van der Waals surface area contributed by atoms with Crippen LogP contribution in [-0.4, -0.2) is 29.5 Å². The maximum absolute atomic E-state index is 11.0. The molecule has 0 radical (unpaired) electrons. The number of rotatable bonds is 4. The van der Waals surface area contributed by atoms with Crippen molar-refractivity contribution >= 4 is 22.1 Å². The summed E-state index contributed by atoms with van der Waals surface area (Å²) in [5.41, 5.74) is 1.03. The number of anilines is 1. The molecule has 1 atom stereocenters. The summed E-state index contributed by atoms with van der Waals surface area (Å²) >= 11 is 0. The van der Waals surface area contributed by atoms with Gasteiger partial charge < -0.3 is 10.6 Å². The number of nitro groups is 1. The molecule has 3 rings (SSSR count). The van der Waals surface area contributed by atoms with Gasteiger partial charge in [0, 0.05) is 36.1 Å². The van der Waals surface area contributed by atoms with Crippen molar-refractivity contribution in [3.05, 3.63) is 40.7 Å². The molecule has 1 saturated heterocycles. The van der Waals surface area contributed by atoms with Crippen molar-refractivity contribution in [1.82, 2.24) is 10.3 Å². The largest absolute Gasteiger partial charge is 0.384 e. The lowest BCUT2D eigenvalue weighted by molar-refractivity contribution is -0.383. The molecule has 1 aromatic carbocycles. The molecule has 1 aliphatic heterocycles. The van der Waals surface area contributed by atoms with Gasteiger partial charge in [-0.2, -0.15) is 0 Å². The van der Waals surface area contributed by atoms with Crippen LogP contribution in [-0.2, 0) is 0 Å². The lowest BCUT2D eigenvalue weighted by atomic mass is 10.1. The van der Waals surface area contributed by atoms with Gasteiger partial charge >= 0.3 is 0 Å². The standard InChI is InChI=1S/C14H16N4O2/c19-18(20)14-2-1-13(11-4-6-16-9-12(11)14)17-8-10-3-5-15-7-10/h1-2,4,6,9-10,15,17H,3,5,7-8H2. The zero-order chi connectivity index (χ0) is 13.9. The van der Waals surface area contributed by atoms with Gasteiger partial charge in [0.05, 0.1) is 10.3 Å². The van der Waals surface area contributed by atoms with E-state index in [0.29, 0.717) is 11.3 Å². The zero-order valence-corrected chi connectivity index (χ0v) is 11.0. The van der Waals surface area contributed by atoms with E-state index < -0.39 is 0 Å². The van der Waals surface area contributed by atoms with E-state index in [2.05, 4.69) is 15.6 Å². The minimum atomic E-state index is -0.366. The molecule has 0 aliphatic carbocycles. The summed E-state index contributed by atoms with van der Waals surface area (Å²) < 4.78 is 0. The highest BCUT2D eigenvalue weighted by Crippen LogP contribution is 2.30. The third-order valence-electron chi connectivity index (χ3n) is 3.74. The summed E-state index contributed by atoms with van der Waals surface area (Å²) in [5.74, 6) is 0.613. The predicted molar refractivity (Wildman–Crippen MR) is 77.9 cm³/mol. The third kappa shape index (κ3) is 2.42. The number of pyridine rings is 1. The Hall–Kier alpha value is -2.21. The fourth-order valence-electron chi connectivity index (χ4n) is 2.63. The Morgan fingerprint density at radius 2 is 2.30 bits per heavy atom. The quantitative estimate of drug-likeness (QED) is 0.658. The van der Waals surface area contributed by atoms with E-state index in [1.54, 1.807) is 24.5 Å². The van der Waals surface area contributed by atoms with Crippen molar-refractivity contribution in [2.75, 3.05) is 25.0 Å². The van der Waals surface area contributed by atoms with Gasteiger partial charge in [0.1, 0.15) is 0 Å². The van der Waals surface area contributed by atoms with Crippen LogP contribution in [0, 0.1) is 16.0 Å². The van der Waals surface area contributed by atoms with Crippen LogP contribution in [0.25, 0.3) is 10.8 Å². The summed E-state index contributed by atoms with van der Waals surface area (Å²) in [4.78, 5) is 14.7. The fourth-order valence-corrected chi connectivity index (χ4v) is 2.63. The van der Waals surface area contributed by atoms with Crippen LogP contribution in [0.4, 0.5) is 11.4 Å². The summed E-state index contributed by atoms with van der Waals surface area (Å²) in [6, 6.07) is 5.14. The number of aromatic nitrogens is 1. The Morgan fingerprint density at radius 1 is 1.40 bits per heavy atom. The first-order valence-electron chi connectivity index (χ1n) is 6.71. The summed E-state index contributed by atoms with van der Waals surface area (Å²) in [6.45, 7) is 2.97. The topological polar surface area (TPSA) is 80.1 Å². The van der Waals surface area contributed by atoms with Gasteiger partial charge in [-0.15, -0.1) is 0 Å². The highest BCUT2D eigenvalue weighted by atomic mass is 16.6. The van der Waals surface area contributed by atoms with Crippen LogP contribution in [0.15, 0.2) is 30.6 Å². The molecular formula is C14H16N4O2. The number of nitro benzene ring substituents is 1. The van der Waals surface area contributed by atoms with Crippen LogP contribution in [0.3, 0.4) is 0 Å². The molecule has 20 heavy (non-hydrogen) atoms. The van der Waals surface area contributed by atoms with Gasteiger partial charge in [-0.3, -0.25) is 15.1 Å². The fraction of sp³-hybridized carbons (Fsp3) is 0.357. The number of fused-ring (bicyclic) bond motifs is 1. The van der Waals surface area contributed by atoms with Crippen molar-refractivity contribution in [3.8, 4) is 0 Å². The minimum absolute atomic E-state index is 0.0983. The molecule has 2 aromatic rings. The SMILES string of the molecule is O=[N+]([O-])c1ccc(NCC2CCNC2)c2ccncc12. The molecule has 6 heteroatoms. The van der Waals surface area contributed by atoms with Gasteiger partial charge in [0.15, 0.2) is 0 Å². The van der Waals surface area contributed by atoms with Crippen molar-refractivity contribution in [1.29, 1.82) is 0 Å². The molecule has 0 bridgehead atoms. The van der Waals surface area contributed by atoms with Gasteiger partial charge in [0.25, 0.3) is 5.69 Å². The van der Waals surface area contributed by atoms with E-state index in [1.165, 1.54) is 6.42 Å². The zero-order valence-electron chi connectivity index (χ0n) is 11.0. The van der Waals surface area contributed by atoms with Crippen LogP contribution < -0.4 is 10.6 Å². The second-order valence-electron chi connectivity index (χ2n) is 5.05. The molecule has 2 heterocycles. The highest BCUT2D eigenvalue weighted by Gasteiger charge is 2.17. The normalized spacial score (nSPS) is 18.3. The van der Waals surface area contributed by atoms with Crippen LogP contribution in [0.2, 0.25) is 0 Å². The first-order valence-corrected chi connectivity index (χ1v) is 6.71. The Bertz CT molecular complexity index is 638. The van der Waals surface area contributed by atoms with Crippen LogP contribution >= 0.6 is 0 Å². The maximum atomic E-state index is 11.0. The molecular weight excluding hydrogens is 256 g/mol. The Balaban J connectivity index is 1.91. The summed E-state index contributed by atoms with van der Waals surface area (Å²) in [6.07, 6.45) is 4.38. The lowest BCUT2D eigenvalue weighted by Gasteiger charge is -2.13. The van der Waals surface area contributed by atoms with Crippen molar-refractivity contribution in [3.63, 3.8) is 0 Å². The molecule has 0 spiro atoms. The number of nitrogens with zero attached hydrogens (tertiary/aromatic N) is 2. The molecule has 1 aromatic heterocycles. The van der Waals surface area contributed by atoms with Gasteiger partial charge in [-0.25, -0.2) is 0 Å². The van der Waals surface area contributed by atoms with Crippen molar-refractivity contribution in [2.24, 2.45) is 5.92 Å². The molecule has 1 aliphatic rings. The predicted octanol–water partition coefficient (Wildman–Crippen LogP) is 2.16. The van der Waals surface area contributed by atoms with Crippen molar-refractivity contribution in [2.45, 2.75) is 6.42 Å². The average Bonchev–Trinajstić information content (AvgIpc) is 2.97. The molecule has 0 saturated carbocycles. The summed E-state index contributed by atoms with van der Waals surface area (Å²) in [5, 5.41) is 19.2. The number of non-ortho nitro benzene ring substituents is 1. The van der Waals surface area contributed by atoms with Gasteiger partial charge in [-0.1, -0.05) is 0 Å². The summed E-state index contributed by atoms with van der Waals surface area (Å²) in [7, 11) is 0. The molecule has 1 unspecified atom stereocenters. The van der Waals surface area contributed by atoms with E-state index in [0.717, 1.165) is 30.7 Å². The second-order valence-corrected chi connectivity index (χ2v) is 5.05. The van der Waals surface area contributed by atoms with E-state index in [9.17, 15) is 10.1 Å². The van der Waals surface area contributed by atoms with Gasteiger partial charge in [0.2, 0.25) is 0 Å². The number of benzene rings is 1. The van der Waals surface area contributed by atoms with E-state index in [1.807, 2.05) is 6.07 Å². The monoisotopic (exact) mass is 272 g/mol. The number of hydrogen-bond donors (Lipinski definition) is 2. The Morgan fingerprint density at radius 3 is 3.05 bits per heavy atom. The molecule has 2 N–H and O–H groups in total. The van der Waals surface area contributed by atoms with Gasteiger partial charge in [-0.05, 0) is 37.6 Å². The van der Waals surface area contributed by atoms with Crippen LogP contribution in [0.5, 0.6) is 0 Å². The van der Waals surface area contributed by atoms with Crippen molar-refractivity contribution < 1.29 is 4.92 Å². The smallest absolute Gasteiger partial charge is 0.278 e. The Kier molecular flexibility index (Phi) is 3.47. The number of hydrogen-bond acceptors (Lipinski definition) is 5. The van der Waals surface area contributed by atoms with E-state index in [4.69, 9.17) is 0 Å². The highest BCUT2D eigenvalue weighted by molar-refractivity contribution is 5.99. The molecule has 0 amide bonds. The molecule has 6 nitrogen and oxygen atoms in total. The van der Waals surface area contributed by atoms with E-state index in [-0.39, 0.29) is 10.6 Å². The average molecular weight is 272 g/mol.